The Hall–Kier alpha value is -2.69. The fraction of sp³-hybridized carbons (Fsp3) is 0.350. The van der Waals surface area contributed by atoms with E-state index in [0.29, 0.717) is 11.6 Å². The zero-order chi connectivity index (χ0) is 23.2. The first-order chi connectivity index (χ1) is 14.3. The fourth-order valence-corrected chi connectivity index (χ4v) is 2.62. The molecule has 0 bridgehead atoms. The largest absolute Gasteiger partial charge is 0.484 e. The van der Waals surface area contributed by atoms with Crippen molar-refractivity contribution < 1.29 is 35.8 Å². The van der Waals surface area contributed by atoms with Crippen LogP contribution >= 0.6 is 12.2 Å². The molecule has 11 heteroatoms. The predicted octanol–water partition coefficient (Wildman–Crippen LogP) is 6.50. The van der Waals surface area contributed by atoms with Crippen LogP contribution in [-0.4, -0.2) is 30.7 Å². The van der Waals surface area contributed by atoms with E-state index in [2.05, 4.69) is 20.1 Å². The molecule has 0 atom stereocenters. The maximum absolute atomic E-state index is 12.4. The number of nitrogens with one attached hydrogen (secondary N) is 2. The molecule has 0 aliphatic rings. The van der Waals surface area contributed by atoms with Crippen molar-refractivity contribution in [2.45, 2.75) is 32.1 Å². The fourth-order valence-electron chi connectivity index (χ4n) is 2.39. The summed E-state index contributed by atoms with van der Waals surface area (Å²) in [6.07, 6.45) is -9.23. The lowest BCUT2D eigenvalue weighted by molar-refractivity contribution is -0.153. The first-order valence-electron chi connectivity index (χ1n) is 9.03. The quantitative estimate of drug-likeness (QED) is 0.360. The van der Waals surface area contributed by atoms with Gasteiger partial charge in [-0.25, -0.2) is 0 Å². The smallest absolute Gasteiger partial charge is 0.422 e. The first kappa shape index (κ1) is 24.6. The molecule has 0 aliphatic carbocycles. The van der Waals surface area contributed by atoms with Gasteiger partial charge in [-0.15, -0.1) is 0 Å². The molecule has 2 N–H and O–H groups in total. The van der Waals surface area contributed by atoms with E-state index in [1.165, 1.54) is 12.1 Å². The molecule has 0 heterocycles. The third-order valence-corrected chi connectivity index (χ3v) is 3.98. The van der Waals surface area contributed by atoms with Crippen molar-refractivity contribution in [3.63, 3.8) is 0 Å². The zero-order valence-corrected chi connectivity index (χ0v) is 17.3. The van der Waals surface area contributed by atoms with E-state index in [1.807, 2.05) is 26.0 Å². The van der Waals surface area contributed by atoms with Gasteiger partial charge in [0.2, 0.25) is 0 Å². The molecule has 0 fully saturated rings. The summed E-state index contributed by atoms with van der Waals surface area (Å²) in [5.74, 6) is -0.319. The van der Waals surface area contributed by atoms with E-state index in [0.717, 1.165) is 11.6 Å². The lowest BCUT2D eigenvalue weighted by Gasteiger charge is -2.16. The van der Waals surface area contributed by atoms with Gasteiger partial charge < -0.3 is 20.1 Å². The molecule has 0 unspecified atom stereocenters. The van der Waals surface area contributed by atoms with Crippen LogP contribution in [0, 0.1) is 0 Å². The number of benzene rings is 2. The Kier molecular flexibility index (Phi) is 7.99. The molecule has 2 aromatic carbocycles. The summed E-state index contributed by atoms with van der Waals surface area (Å²) in [6, 6.07) is 10.7. The Bertz CT molecular complexity index is 846. The Morgan fingerprint density at radius 1 is 0.806 bits per heavy atom. The number of hydrogen-bond acceptors (Lipinski definition) is 3. The maximum Gasteiger partial charge on any atom is 0.422 e. The molecular formula is C20H20F6N2O2S. The molecule has 0 amide bonds. The minimum absolute atomic E-state index is 0.0760. The van der Waals surface area contributed by atoms with Gasteiger partial charge in [0.05, 0.1) is 0 Å². The monoisotopic (exact) mass is 466 g/mol. The van der Waals surface area contributed by atoms with Crippen molar-refractivity contribution in [1.82, 2.24) is 0 Å². The number of halogens is 6. The number of thiocarbonyl (C=S) groups is 1. The van der Waals surface area contributed by atoms with Gasteiger partial charge in [-0.1, -0.05) is 26.0 Å². The van der Waals surface area contributed by atoms with Gasteiger partial charge in [0.15, 0.2) is 18.3 Å². The molecule has 31 heavy (non-hydrogen) atoms. The molecule has 0 aromatic heterocycles. The van der Waals surface area contributed by atoms with E-state index in [4.69, 9.17) is 12.2 Å². The highest BCUT2D eigenvalue weighted by atomic mass is 32.1. The zero-order valence-electron chi connectivity index (χ0n) is 16.5. The van der Waals surface area contributed by atoms with E-state index in [9.17, 15) is 26.3 Å². The van der Waals surface area contributed by atoms with Crippen LogP contribution < -0.4 is 20.1 Å². The van der Waals surface area contributed by atoms with Crippen molar-refractivity contribution in [3.05, 3.63) is 48.0 Å². The van der Waals surface area contributed by atoms with Crippen molar-refractivity contribution in [1.29, 1.82) is 0 Å². The van der Waals surface area contributed by atoms with Gasteiger partial charge in [-0.2, -0.15) is 26.3 Å². The Morgan fingerprint density at radius 2 is 1.26 bits per heavy atom. The summed E-state index contributed by atoms with van der Waals surface area (Å²) in [4.78, 5) is 0. The van der Waals surface area contributed by atoms with E-state index in [-0.39, 0.29) is 22.3 Å². The third-order valence-electron chi connectivity index (χ3n) is 3.78. The molecular weight excluding hydrogens is 446 g/mol. The Morgan fingerprint density at radius 3 is 1.68 bits per heavy atom. The second-order valence-corrected chi connectivity index (χ2v) is 7.26. The molecule has 2 aromatic rings. The average molecular weight is 466 g/mol. The van der Waals surface area contributed by atoms with E-state index >= 15 is 0 Å². The van der Waals surface area contributed by atoms with E-state index in [1.54, 1.807) is 12.1 Å². The molecule has 0 aliphatic heterocycles. The van der Waals surface area contributed by atoms with Crippen molar-refractivity contribution in [2.75, 3.05) is 23.8 Å². The molecule has 4 nitrogen and oxygen atoms in total. The number of alkyl halides is 6. The standard InChI is InChI=1S/C20H20F6N2O2S/c1-12(2)13-3-5-14(6-4-13)27-18(31)28-15-7-16(29-10-19(21,22)23)9-17(8-15)30-11-20(24,25)26/h3-9,12H,10-11H2,1-2H3,(H2,27,28,31). The lowest BCUT2D eigenvalue weighted by Crippen LogP contribution is -2.21. The topological polar surface area (TPSA) is 42.5 Å². The summed E-state index contributed by atoms with van der Waals surface area (Å²) < 4.78 is 83.8. The minimum Gasteiger partial charge on any atom is -0.484 e. The van der Waals surface area contributed by atoms with Crippen molar-refractivity contribution >= 4 is 28.7 Å². The SMILES string of the molecule is CC(C)c1ccc(NC(=S)Nc2cc(OCC(F)(F)F)cc(OCC(F)(F)F)c2)cc1. The summed E-state index contributed by atoms with van der Waals surface area (Å²) in [7, 11) is 0. The van der Waals surface area contributed by atoms with Gasteiger partial charge in [-0.3, -0.25) is 0 Å². The van der Waals surface area contributed by atoms with Crippen LogP contribution in [0.15, 0.2) is 42.5 Å². The van der Waals surface area contributed by atoms with Crippen LogP contribution in [-0.2, 0) is 0 Å². The van der Waals surface area contributed by atoms with Crippen LogP contribution in [0.4, 0.5) is 37.7 Å². The summed E-state index contributed by atoms with van der Waals surface area (Å²) in [5.41, 5.74) is 1.86. The maximum atomic E-state index is 12.4. The number of rotatable bonds is 7. The minimum atomic E-state index is -4.62. The Labute approximate surface area is 180 Å². The molecule has 170 valence electrons. The molecule has 0 spiro atoms. The first-order valence-corrected chi connectivity index (χ1v) is 9.44. The lowest BCUT2D eigenvalue weighted by atomic mass is 10.0. The summed E-state index contributed by atoms with van der Waals surface area (Å²) >= 11 is 5.17. The number of ether oxygens (including phenoxy) is 2. The predicted molar refractivity (Wildman–Crippen MR) is 110 cm³/mol. The van der Waals surface area contributed by atoms with Crippen LogP contribution in [0.5, 0.6) is 11.5 Å². The molecule has 0 saturated heterocycles. The highest BCUT2D eigenvalue weighted by Gasteiger charge is 2.30. The summed E-state index contributed by atoms with van der Waals surface area (Å²) in [5, 5.41) is 5.66. The summed E-state index contributed by atoms with van der Waals surface area (Å²) in [6.45, 7) is 0.863. The van der Waals surface area contributed by atoms with Gasteiger partial charge in [0, 0.05) is 29.6 Å². The molecule has 0 saturated carbocycles. The van der Waals surface area contributed by atoms with Crippen LogP contribution in [0.3, 0.4) is 0 Å². The number of anilines is 2. The second-order valence-electron chi connectivity index (χ2n) is 6.86. The van der Waals surface area contributed by atoms with Crippen LogP contribution in [0.2, 0.25) is 0 Å². The molecule has 2 rings (SSSR count). The van der Waals surface area contributed by atoms with Crippen LogP contribution in [0.25, 0.3) is 0 Å². The van der Waals surface area contributed by atoms with Crippen molar-refractivity contribution in [2.24, 2.45) is 0 Å². The Balaban J connectivity index is 2.13. The van der Waals surface area contributed by atoms with Crippen molar-refractivity contribution in [3.8, 4) is 11.5 Å². The molecule has 0 radical (unpaired) electrons. The van der Waals surface area contributed by atoms with Gasteiger partial charge in [0.1, 0.15) is 11.5 Å². The normalized spacial score (nSPS) is 11.9. The van der Waals surface area contributed by atoms with E-state index < -0.39 is 25.6 Å². The second kappa shape index (κ2) is 10.1. The van der Waals surface area contributed by atoms with Gasteiger partial charge in [-0.05, 0) is 35.8 Å². The van der Waals surface area contributed by atoms with Gasteiger partial charge >= 0.3 is 12.4 Å². The third kappa shape index (κ3) is 9.33. The number of hydrogen-bond donors (Lipinski definition) is 2. The van der Waals surface area contributed by atoms with Gasteiger partial charge in [0.25, 0.3) is 0 Å². The average Bonchev–Trinajstić information content (AvgIpc) is 2.64. The highest BCUT2D eigenvalue weighted by molar-refractivity contribution is 7.80. The van der Waals surface area contributed by atoms with Crippen LogP contribution in [0.1, 0.15) is 25.3 Å². The highest BCUT2D eigenvalue weighted by Crippen LogP contribution is 2.29.